The van der Waals surface area contributed by atoms with Gasteiger partial charge >= 0.3 is 81.4 Å². The van der Waals surface area contributed by atoms with Crippen LogP contribution < -0.4 is 0 Å². The Labute approximate surface area is 81.7 Å². The fraction of sp³-hybridized carbons (Fsp3) is 0.500. The number of rotatable bonds is 1. The summed E-state index contributed by atoms with van der Waals surface area (Å²) in [6.07, 6.45) is 4.70. The zero-order chi connectivity index (χ0) is 9.35. The molecule has 1 aliphatic rings. The first-order valence-electron chi connectivity index (χ1n) is 4.01. The van der Waals surface area contributed by atoms with Gasteiger partial charge in [-0.05, 0) is 0 Å². The molecule has 0 N–H and O–H groups in total. The molecular formula is C10H13FeO. The standard InChI is InChI=1S/C10H13O.Fe/c1-10(2,3)9(11)8-6-4-5-7-8;/h4,6H,5H2,1-3H3;. The number of Topliss-reactive ketones (excluding diaryl/α,β-unsaturated/α-hetero) is 1. The zero-order valence-corrected chi connectivity index (χ0v) is 8.73. The zero-order valence-electron chi connectivity index (χ0n) is 7.62. The first kappa shape index (κ1) is 9.76. The Balaban J connectivity index is 2.92. The molecule has 2 heteroatoms. The quantitative estimate of drug-likeness (QED) is 0.600. The van der Waals surface area contributed by atoms with Crippen molar-refractivity contribution in [2.45, 2.75) is 27.2 Å². The summed E-state index contributed by atoms with van der Waals surface area (Å²) in [5.41, 5.74) is 0.523. The minimum atomic E-state index is -0.285. The molecule has 0 saturated carbocycles. The van der Waals surface area contributed by atoms with Crippen molar-refractivity contribution in [3.63, 3.8) is 0 Å². The van der Waals surface area contributed by atoms with Crippen LogP contribution in [0.1, 0.15) is 27.2 Å². The van der Waals surface area contributed by atoms with Crippen molar-refractivity contribution in [2.24, 2.45) is 5.41 Å². The van der Waals surface area contributed by atoms with Gasteiger partial charge in [-0.1, -0.05) is 0 Å². The molecule has 0 spiro atoms. The van der Waals surface area contributed by atoms with Gasteiger partial charge < -0.3 is 0 Å². The van der Waals surface area contributed by atoms with E-state index in [0.717, 1.165) is 16.5 Å². The average molecular weight is 205 g/mol. The van der Waals surface area contributed by atoms with E-state index in [1.165, 1.54) is 0 Å². The second kappa shape index (κ2) is 3.20. The topological polar surface area (TPSA) is 17.1 Å². The van der Waals surface area contributed by atoms with Gasteiger partial charge in [-0.15, -0.1) is 0 Å². The predicted octanol–water partition coefficient (Wildman–Crippen LogP) is 2.36. The molecule has 12 heavy (non-hydrogen) atoms. The molecule has 0 unspecified atom stereocenters. The van der Waals surface area contributed by atoms with Gasteiger partial charge in [-0.2, -0.15) is 0 Å². The summed E-state index contributed by atoms with van der Waals surface area (Å²) >= 11 is 3.85. The summed E-state index contributed by atoms with van der Waals surface area (Å²) in [6, 6.07) is 0. The Morgan fingerprint density at radius 3 is 2.42 bits per heavy atom. The van der Waals surface area contributed by atoms with Crippen molar-refractivity contribution in [1.82, 2.24) is 0 Å². The average Bonchev–Trinajstić information content (AvgIpc) is 2.31. The van der Waals surface area contributed by atoms with Crippen LogP contribution in [-0.4, -0.2) is 5.78 Å². The maximum absolute atomic E-state index is 11.7. The Kier molecular flexibility index (Phi) is 2.60. The fourth-order valence-corrected chi connectivity index (χ4v) is 1.42. The molecule has 0 radical (unpaired) electrons. The predicted molar refractivity (Wildman–Crippen MR) is 45.2 cm³/mol. The van der Waals surface area contributed by atoms with E-state index in [4.69, 9.17) is 0 Å². The molecular weight excluding hydrogens is 192 g/mol. The third-order valence-corrected chi connectivity index (χ3v) is 2.31. The van der Waals surface area contributed by atoms with Gasteiger partial charge in [-0.3, -0.25) is 0 Å². The first-order valence-corrected chi connectivity index (χ1v) is 4.57. The van der Waals surface area contributed by atoms with E-state index in [2.05, 4.69) is 16.0 Å². The van der Waals surface area contributed by atoms with Gasteiger partial charge in [0.15, 0.2) is 0 Å². The molecule has 0 aromatic rings. The minimum absolute atomic E-state index is 0.196. The van der Waals surface area contributed by atoms with Crippen molar-refractivity contribution < 1.29 is 20.8 Å². The summed E-state index contributed by atoms with van der Waals surface area (Å²) in [4.78, 5) is 11.7. The number of hydrogen-bond donors (Lipinski definition) is 0. The monoisotopic (exact) mass is 205 g/mol. The molecule has 0 saturated heterocycles. The van der Waals surface area contributed by atoms with Crippen LogP contribution in [0.3, 0.4) is 0 Å². The Hall–Kier alpha value is -0.331. The first-order chi connectivity index (χ1) is 5.43. The fourth-order valence-electron chi connectivity index (χ4n) is 1.08. The molecule has 0 aromatic heterocycles. The molecule has 0 atom stereocenters. The SMILES string of the molecule is CC(C)(C)C(=O)C1=[C]([Fe])CC=C1. The van der Waals surface area contributed by atoms with E-state index >= 15 is 0 Å². The summed E-state index contributed by atoms with van der Waals surface area (Å²) in [5.74, 6) is 0.196. The number of carbonyl (C=O) groups excluding carboxylic acids is 1. The van der Waals surface area contributed by atoms with Crippen LogP contribution in [0, 0.1) is 5.41 Å². The van der Waals surface area contributed by atoms with Crippen molar-refractivity contribution >= 4 is 5.78 Å². The third kappa shape index (κ3) is 1.88. The van der Waals surface area contributed by atoms with Crippen LogP contribution in [-0.2, 0) is 20.8 Å². The van der Waals surface area contributed by atoms with E-state index in [0.29, 0.717) is 0 Å². The maximum atomic E-state index is 11.7. The molecule has 1 nitrogen and oxygen atoms in total. The van der Waals surface area contributed by atoms with Gasteiger partial charge in [-0.25, -0.2) is 0 Å². The normalized spacial score (nSPS) is 17.3. The summed E-state index contributed by atoms with van der Waals surface area (Å²) in [5, 5.41) is 0. The van der Waals surface area contributed by atoms with E-state index in [-0.39, 0.29) is 11.2 Å². The molecule has 0 aliphatic heterocycles. The van der Waals surface area contributed by atoms with Crippen LogP contribution in [0.4, 0.5) is 0 Å². The summed E-state index contributed by atoms with van der Waals surface area (Å²) < 4.78 is 0.954. The van der Waals surface area contributed by atoms with Crippen molar-refractivity contribution in [2.75, 3.05) is 0 Å². The third-order valence-electron chi connectivity index (χ3n) is 1.79. The molecule has 1 rings (SSSR count). The molecule has 67 valence electrons. The van der Waals surface area contributed by atoms with Crippen molar-refractivity contribution in [3.05, 3.63) is 22.2 Å². The van der Waals surface area contributed by atoms with E-state index in [1.54, 1.807) is 0 Å². The van der Waals surface area contributed by atoms with Crippen LogP contribution in [0.5, 0.6) is 0 Å². The van der Waals surface area contributed by atoms with E-state index < -0.39 is 0 Å². The van der Waals surface area contributed by atoms with Gasteiger partial charge in [0, 0.05) is 0 Å². The van der Waals surface area contributed by atoms with Crippen molar-refractivity contribution in [1.29, 1.82) is 0 Å². The molecule has 1 aliphatic carbocycles. The molecule has 0 aromatic carbocycles. The van der Waals surface area contributed by atoms with Crippen LogP contribution in [0.25, 0.3) is 0 Å². The van der Waals surface area contributed by atoms with E-state index in [9.17, 15) is 4.79 Å². The van der Waals surface area contributed by atoms with Crippen LogP contribution in [0.15, 0.2) is 22.2 Å². The molecule has 0 fully saturated rings. The summed E-state index contributed by atoms with van der Waals surface area (Å²) in [7, 11) is 0. The Morgan fingerprint density at radius 2 is 2.08 bits per heavy atom. The number of carbonyl (C=O) groups is 1. The van der Waals surface area contributed by atoms with E-state index in [1.807, 2.05) is 32.9 Å². The second-order valence-electron chi connectivity index (χ2n) is 3.99. The Morgan fingerprint density at radius 1 is 1.50 bits per heavy atom. The Bertz CT molecular complexity index is 266. The van der Waals surface area contributed by atoms with Gasteiger partial charge in [0.1, 0.15) is 0 Å². The second-order valence-corrected chi connectivity index (χ2v) is 4.66. The van der Waals surface area contributed by atoms with Gasteiger partial charge in [0.25, 0.3) is 0 Å². The molecule has 0 amide bonds. The van der Waals surface area contributed by atoms with Crippen LogP contribution in [0.2, 0.25) is 0 Å². The number of allylic oxidation sites excluding steroid dienone is 4. The van der Waals surface area contributed by atoms with Crippen molar-refractivity contribution in [3.8, 4) is 0 Å². The molecule has 0 bridgehead atoms. The number of hydrogen-bond acceptors (Lipinski definition) is 1. The number of ketones is 1. The van der Waals surface area contributed by atoms with Crippen LogP contribution >= 0.6 is 0 Å². The van der Waals surface area contributed by atoms with Gasteiger partial charge in [0.2, 0.25) is 0 Å². The summed E-state index contributed by atoms with van der Waals surface area (Å²) in [6.45, 7) is 5.80. The van der Waals surface area contributed by atoms with Gasteiger partial charge in [0.05, 0.1) is 0 Å². The molecule has 0 heterocycles.